The highest BCUT2D eigenvalue weighted by Crippen LogP contribution is 2.43. The van der Waals surface area contributed by atoms with Crippen LogP contribution in [0.1, 0.15) is 32.3 Å². The van der Waals surface area contributed by atoms with Gasteiger partial charge in [-0.1, -0.05) is 56.7 Å². The molecule has 118 valence electrons. The Morgan fingerprint density at radius 1 is 1.19 bits per heavy atom. The molecular formula is C15H25ClO3Si2. The van der Waals surface area contributed by atoms with E-state index in [1.807, 2.05) is 38.1 Å². The summed E-state index contributed by atoms with van der Waals surface area (Å²) in [5.41, 5.74) is 0.396. The normalized spacial score (nSPS) is 15.9. The maximum Gasteiger partial charge on any atom is 0.161 e. The molecule has 0 N–H and O–H groups in total. The minimum atomic E-state index is -0.627. The fourth-order valence-electron chi connectivity index (χ4n) is 2.77. The minimum Gasteiger partial charge on any atom is -0.400 e. The maximum atomic E-state index is 12.3. The number of benzene rings is 1. The van der Waals surface area contributed by atoms with E-state index in [-0.39, 0.29) is 18.0 Å². The molecule has 1 aromatic carbocycles. The van der Waals surface area contributed by atoms with Crippen LogP contribution in [0.3, 0.4) is 0 Å². The Kier molecular flexibility index (Phi) is 7.29. The molecule has 0 aromatic heterocycles. The molecule has 0 amide bonds. The summed E-state index contributed by atoms with van der Waals surface area (Å²) in [7, 11) is -1.25. The van der Waals surface area contributed by atoms with Gasteiger partial charge in [0.1, 0.15) is 12.1 Å². The van der Waals surface area contributed by atoms with E-state index in [0.29, 0.717) is 5.02 Å². The van der Waals surface area contributed by atoms with Gasteiger partial charge in [0.15, 0.2) is 19.5 Å². The van der Waals surface area contributed by atoms with Crippen LogP contribution in [0.2, 0.25) is 18.1 Å². The second-order valence-electron chi connectivity index (χ2n) is 5.63. The van der Waals surface area contributed by atoms with Crippen molar-refractivity contribution in [2.45, 2.75) is 46.1 Å². The van der Waals surface area contributed by atoms with Crippen molar-refractivity contribution < 1.29 is 13.6 Å². The first-order valence-electron chi connectivity index (χ1n) is 7.34. The van der Waals surface area contributed by atoms with Crippen molar-refractivity contribution in [1.29, 1.82) is 0 Å². The Morgan fingerprint density at radius 2 is 1.71 bits per heavy atom. The molecule has 1 aromatic rings. The number of hydrogen-bond donors (Lipinski definition) is 0. The lowest BCUT2D eigenvalue weighted by Crippen LogP contribution is -2.42. The van der Waals surface area contributed by atoms with E-state index in [2.05, 4.69) is 13.1 Å². The molecule has 0 heterocycles. The van der Waals surface area contributed by atoms with Gasteiger partial charge in [-0.2, -0.15) is 0 Å². The predicted octanol–water partition coefficient (Wildman–Crippen LogP) is 2.66. The number of hydrogen-bond acceptors (Lipinski definition) is 3. The highest BCUT2D eigenvalue weighted by atomic mass is 35.5. The van der Waals surface area contributed by atoms with E-state index in [4.69, 9.17) is 20.5 Å². The van der Waals surface area contributed by atoms with Gasteiger partial charge in [-0.3, -0.25) is 4.79 Å². The van der Waals surface area contributed by atoms with Crippen LogP contribution in [-0.4, -0.2) is 31.6 Å². The average Bonchev–Trinajstić information content (AvgIpc) is 2.40. The Hall–Kier alpha value is -0.466. The number of rotatable bonds is 8. The zero-order valence-electron chi connectivity index (χ0n) is 13.5. The van der Waals surface area contributed by atoms with Crippen molar-refractivity contribution in [2.75, 3.05) is 0 Å². The van der Waals surface area contributed by atoms with Crippen molar-refractivity contribution in [3.05, 3.63) is 34.9 Å². The summed E-state index contributed by atoms with van der Waals surface area (Å²) in [6, 6.07) is 7.52. The summed E-state index contributed by atoms with van der Waals surface area (Å²) >= 11 is 6.31. The summed E-state index contributed by atoms with van der Waals surface area (Å²) in [5, 5.41) is 0.618. The highest BCUT2D eigenvalue weighted by Gasteiger charge is 2.42. The largest absolute Gasteiger partial charge is 0.400 e. The number of halogens is 1. The topological polar surface area (TPSA) is 35.5 Å². The van der Waals surface area contributed by atoms with E-state index >= 15 is 0 Å². The fourth-order valence-corrected chi connectivity index (χ4v) is 4.86. The SMILES string of the molecule is C[SiH2]OC(O[SiH2]C)C(C)(C)[C@@H](C(C)=O)c1ccccc1Cl. The van der Waals surface area contributed by atoms with Crippen molar-refractivity contribution >= 4 is 36.9 Å². The van der Waals surface area contributed by atoms with Crippen LogP contribution in [0.15, 0.2) is 24.3 Å². The van der Waals surface area contributed by atoms with E-state index in [0.717, 1.165) is 5.56 Å². The third-order valence-corrected chi connectivity index (χ3v) is 5.23. The van der Waals surface area contributed by atoms with Crippen molar-refractivity contribution in [3.8, 4) is 0 Å². The molecule has 0 bridgehead atoms. The Bertz CT molecular complexity index is 474. The monoisotopic (exact) mass is 344 g/mol. The standard InChI is InChI=1S/C15H25ClO3Si2/c1-10(17)13(11-8-6-7-9-12(11)16)15(2,3)14(18-20-4)19-21-5/h6-9,13-14H,20-21H2,1-5H3/t13-/m0/s1. The minimum absolute atomic E-state index is 0.0841. The first-order valence-corrected chi connectivity index (χ1v) is 11.7. The van der Waals surface area contributed by atoms with Crippen LogP contribution in [0.25, 0.3) is 0 Å². The van der Waals surface area contributed by atoms with Gasteiger partial charge in [0.05, 0.1) is 5.92 Å². The molecule has 0 unspecified atom stereocenters. The quantitative estimate of drug-likeness (QED) is 0.537. The molecule has 0 radical (unpaired) electrons. The molecule has 0 spiro atoms. The lowest BCUT2D eigenvalue weighted by atomic mass is 9.72. The second kappa shape index (κ2) is 8.24. The zero-order chi connectivity index (χ0) is 16.0. The van der Waals surface area contributed by atoms with Crippen LogP contribution in [0.4, 0.5) is 0 Å². The fraction of sp³-hybridized carbons (Fsp3) is 0.533. The summed E-state index contributed by atoms with van der Waals surface area (Å²) in [6.45, 7) is 9.81. The van der Waals surface area contributed by atoms with E-state index in [9.17, 15) is 4.79 Å². The molecular weight excluding hydrogens is 320 g/mol. The third-order valence-electron chi connectivity index (χ3n) is 3.61. The summed E-state index contributed by atoms with van der Waals surface area (Å²) in [4.78, 5) is 12.3. The van der Waals surface area contributed by atoms with Gasteiger partial charge >= 0.3 is 0 Å². The smallest absolute Gasteiger partial charge is 0.161 e. The van der Waals surface area contributed by atoms with Crippen LogP contribution < -0.4 is 0 Å². The third kappa shape index (κ3) is 4.50. The van der Waals surface area contributed by atoms with Crippen LogP contribution in [0.5, 0.6) is 0 Å². The molecule has 1 atom stereocenters. The van der Waals surface area contributed by atoms with Crippen LogP contribution in [-0.2, 0) is 13.6 Å². The Balaban J connectivity index is 3.25. The molecule has 0 aliphatic heterocycles. The van der Waals surface area contributed by atoms with Gasteiger partial charge in [0.25, 0.3) is 0 Å². The number of carbonyl (C=O) groups excluding carboxylic acids is 1. The Labute approximate surface area is 137 Å². The maximum absolute atomic E-state index is 12.3. The highest BCUT2D eigenvalue weighted by molar-refractivity contribution is 6.31. The van der Waals surface area contributed by atoms with E-state index in [1.165, 1.54) is 0 Å². The van der Waals surface area contributed by atoms with E-state index < -0.39 is 24.9 Å². The second-order valence-corrected chi connectivity index (χ2v) is 7.86. The summed E-state index contributed by atoms with van der Waals surface area (Å²) in [6.07, 6.45) is -0.337. The van der Waals surface area contributed by atoms with Crippen molar-refractivity contribution in [1.82, 2.24) is 0 Å². The lowest BCUT2D eigenvalue weighted by molar-refractivity contribution is -0.131. The first-order chi connectivity index (χ1) is 9.86. The van der Waals surface area contributed by atoms with Crippen LogP contribution in [0, 0.1) is 5.41 Å². The first kappa shape index (κ1) is 18.6. The van der Waals surface area contributed by atoms with Gasteiger partial charge < -0.3 is 8.85 Å². The molecule has 0 saturated carbocycles. The molecule has 0 saturated heterocycles. The molecule has 21 heavy (non-hydrogen) atoms. The molecule has 0 aliphatic rings. The van der Waals surface area contributed by atoms with Crippen molar-refractivity contribution in [2.24, 2.45) is 5.41 Å². The number of carbonyl (C=O) groups is 1. The zero-order valence-corrected chi connectivity index (χ0v) is 17.1. The summed E-state index contributed by atoms with van der Waals surface area (Å²) in [5.74, 6) is -0.252. The molecule has 1 rings (SSSR count). The summed E-state index contributed by atoms with van der Waals surface area (Å²) < 4.78 is 11.8. The van der Waals surface area contributed by atoms with Gasteiger partial charge in [0, 0.05) is 10.4 Å². The lowest BCUT2D eigenvalue weighted by Gasteiger charge is -2.40. The number of Topliss-reactive ketones (excluding diaryl/α,β-unsaturated/α-hetero) is 1. The van der Waals surface area contributed by atoms with Crippen molar-refractivity contribution in [3.63, 3.8) is 0 Å². The van der Waals surface area contributed by atoms with Gasteiger partial charge in [-0.25, -0.2) is 0 Å². The van der Waals surface area contributed by atoms with E-state index in [1.54, 1.807) is 6.92 Å². The number of ketones is 1. The average molecular weight is 345 g/mol. The van der Waals surface area contributed by atoms with Gasteiger partial charge in [-0.15, -0.1) is 0 Å². The Morgan fingerprint density at radius 3 is 2.14 bits per heavy atom. The van der Waals surface area contributed by atoms with Gasteiger partial charge in [0.2, 0.25) is 0 Å². The molecule has 0 fully saturated rings. The predicted molar refractivity (Wildman–Crippen MR) is 93.4 cm³/mol. The molecule has 0 aliphatic carbocycles. The van der Waals surface area contributed by atoms with Gasteiger partial charge in [-0.05, 0) is 18.6 Å². The molecule has 6 heteroatoms. The van der Waals surface area contributed by atoms with Crippen LogP contribution >= 0.6 is 11.6 Å². The molecule has 3 nitrogen and oxygen atoms in total.